The number of hydrogen-bond acceptors (Lipinski definition) is 1. The summed E-state index contributed by atoms with van der Waals surface area (Å²) in [5.41, 5.74) is -0.900. The molecule has 0 aliphatic heterocycles. The van der Waals surface area contributed by atoms with Crippen LogP contribution in [0.4, 0.5) is 0 Å². The molecule has 0 fully saturated rings. The summed E-state index contributed by atoms with van der Waals surface area (Å²) in [6.45, 7) is 3.76. The van der Waals surface area contributed by atoms with Gasteiger partial charge in [-0.25, -0.2) is 0 Å². The van der Waals surface area contributed by atoms with E-state index in [0.29, 0.717) is 6.42 Å². The molecule has 0 aromatic carbocycles. The van der Waals surface area contributed by atoms with E-state index >= 15 is 0 Å². The lowest BCUT2D eigenvalue weighted by atomic mass is 10.0. The Morgan fingerprint density at radius 1 is 1.55 bits per heavy atom. The van der Waals surface area contributed by atoms with Crippen molar-refractivity contribution in [3.05, 3.63) is 0 Å². The molecule has 0 saturated carbocycles. The molecular formula is C10H14O. The number of rotatable bonds is 3. The van der Waals surface area contributed by atoms with E-state index in [2.05, 4.69) is 24.7 Å². The molecule has 0 aromatic heterocycles. The van der Waals surface area contributed by atoms with Gasteiger partial charge in [-0.05, 0) is 31.6 Å². The van der Waals surface area contributed by atoms with Gasteiger partial charge in [-0.1, -0.05) is 19.3 Å². The van der Waals surface area contributed by atoms with Gasteiger partial charge in [0.2, 0.25) is 0 Å². The first-order chi connectivity index (χ1) is 5.12. The summed E-state index contributed by atoms with van der Waals surface area (Å²) >= 11 is 0. The van der Waals surface area contributed by atoms with Crippen LogP contribution in [0.5, 0.6) is 0 Å². The summed E-state index contributed by atoms with van der Waals surface area (Å²) in [6.07, 6.45) is 7.66. The highest BCUT2D eigenvalue weighted by Crippen LogP contribution is 2.11. The second-order valence-electron chi connectivity index (χ2n) is 2.77. The van der Waals surface area contributed by atoms with Crippen molar-refractivity contribution in [3.8, 4) is 24.2 Å². The van der Waals surface area contributed by atoms with Crippen molar-refractivity contribution in [1.82, 2.24) is 0 Å². The lowest BCUT2D eigenvalue weighted by Gasteiger charge is -2.14. The summed E-state index contributed by atoms with van der Waals surface area (Å²) in [5.74, 6) is 7.22. The standard InChI is InChI=1S/C10H14O/c1-4-6-8-10(3,11)9-7-5-2/h1,11H,5,7,9H2,2-3H3. The van der Waals surface area contributed by atoms with Crippen LogP contribution in [0.15, 0.2) is 0 Å². The number of terminal acetylenes is 1. The summed E-state index contributed by atoms with van der Waals surface area (Å²) in [7, 11) is 0. The predicted octanol–water partition coefficient (Wildman–Crippen LogP) is 1.56. The molecule has 1 nitrogen and oxygen atoms in total. The molecule has 0 radical (unpaired) electrons. The molecule has 1 heteroatoms. The van der Waals surface area contributed by atoms with Crippen LogP contribution in [-0.2, 0) is 0 Å². The molecule has 1 N–H and O–H groups in total. The Kier molecular flexibility index (Phi) is 4.42. The third-order valence-electron chi connectivity index (χ3n) is 1.42. The van der Waals surface area contributed by atoms with Gasteiger partial charge < -0.3 is 5.11 Å². The fraction of sp³-hybridized carbons (Fsp3) is 0.600. The minimum atomic E-state index is -0.900. The Labute approximate surface area is 68.8 Å². The summed E-state index contributed by atoms with van der Waals surface area (Å²) in [4.78, 5) is 0. The van der Waals surface area contributed by atoms with Gasteiger partial charge >= 0.3 is 0 Å². The van der Waals surface area contributed by atoms with Crippen molar-refractivity contribution >= 4 is 0 Å². The normalized spacial score (nSPS) is 14.0. The minimum Gasteiger partial charge on any atom is -0.378 e. The highest BCUT2D eigenvalue weighted by atomic mass is 16.3. The maximum atomic E-state index is 9.51. The number of unbranched alkanes of at least 4 members (excludes halogenated alkanes) is 1. The Balaban J connectivity index is 3.91. The molecule has 0 aliphatic rings. The van der Waals surface area contributed by atoms with Gasteiger partial charge in [0.05, 0.1) is 0 Å². The summed E-state index contributed by atoms with van der Waals surface area (Å²) in [5, 5.41) is 9.51. The third kappa shape index (κ3) is 5.52. The summed E-state index contributed by atoms with van der Waals surface area (Å²) < 4.78 is 0. The van der Waals surface area contributed by atoms with Gasteiger partial charge in [0.1, 0.15) is 5.60 Å². The first kappa shape index (κ1) is 10.1. The topological polar surface area (TPSA) is 20.2 Å². The van der Waals surface area contributed by atoms with Crippen LogP contribution in [0.2, 0.25) is 0 Å². The van der Waals surface area contributed by atoms with E-state index in [1.807, 2.05) is 0 Å². The molecule has 0 aromatic rings. The highest BCUT2D eigenvalue weighted by molar-refractivity contribution is 5.26. The molecule has 0 bridgehead atoms. The first-order valence-corrected chi connectivity index (χ1v) is 3.82. The monoisotopic (exact) mass is 150 g/mol. The third-order valence-corrected chi connectivity index (χ3v) is 1.42. The molecule has 1 atom stereocenters. The van der Waals surface area contributed by atoms with Crippen molar-refractivity contribution < 1.29 is 5.11 Å². The van der Waals surface area contributed by atoms with E-state index < -0.39 is 5.60 Å². The lowest BCUT2D eigenvalue weighted by molar-refractivity contribution is 0.109. The average Bonchev–Trinajstić information content (AvgIpc) is 1.97. The van der Waals surface area contributed by atoms with Crippen molar-refractivity contribution in [3.63, 3.8) is 0 Å². The molecule has 0 aliphatic carbocycles. The highest BCUT2D eigenvalue weighted by Gasteiger charge is 2.14. The van der Waals surface area contributed by atoms with E-state index in [1.54, 1.807) is 6.92 Å². The van der Waals surface area contributed by atoms with Crippen LogP contribution in [-0.4, -0.2) is 10.7 Å². The van der Waals surface area contributed by atoms with Gasteiger partial charge in [0.25, 0.3) is 0 Å². The molecule has 11 heavy (non-hydrogen) atoms. The van der Waals surface area contributed by atoms with Crippen molar-refractivity contribution in [2.75, 3.05) is 0 Å². The van der Waals surface area contributed by atoms with Gasteiger partial charge in [-0.2, -0.15) is 0 Å². The number of aliphatic hydroxyl groups is 1. The van der Waals surface area contributed by atoms with Crippen LogP contribution in [0.25, 0.3) is 0 Å². The Hall–Kier alpha value is -0.920. The van der Waals surface area contributed by atoms with E-state index in [1.165, 1.54) is 0 Å². The first-order valence-electron chi connectivity index (χ1n) is 3.82. The van der Waals surface area contributed by atoms with Gasteiger partial charge in [-0.15, -0.1) is 6.42 Å². The maximum Gasteiger partial charge on any atom is 0.123 e. The van der Waals surface area contributed by atoms with Gasteiger partial charge in [-0.3, -0.25) is 0 Å². The lowest BCUT2D eigenvalue weighted by Crippen LogP contribution is -2.20. The van der Waals surface area contributed by atoms with Crippen LogP contribution in [0, 0.1) is 24.2 Å². The maximum absolute atomic E-state index is 9.51. The zero-order valence-corrected chi connectivity index (χ0v) is 7.15. The Morgan fingerprint density at radius 2 is 2.18 bits per heavy atom. The molecular weight excluding hydrogens is 136 g/mol. The largest absolute Gasteiger partial charge is 0.378 e. The zero-order chi connectivity index (χ0) is 8.74. The average molecular weight is 150 g/mol. The molecule has 0 spiro atoms. The van der Waals surface area contributed by atoms with Crippen molar-refractivity contribution in [1.29, 1.82) is 0 Å². The van der Waals surface area contributed by atoms with Crippen LogP contribution >= 0.6 is 0 Å². The minimum absolute atomic E-state index is 0.693. The van der Waals surface area contributed by atoms with E-state index in [9.17, 15) is 5.11 Å². The second-order valence-corrected chi connectivity index (χ2v) is 2.77. The van der Waals surface area contributed by atoms with Gasteiger partial charge in [0.15, 0.2) is 0 Å². The molecule has 0 saturated heterocycles. The Bertz CT molecular complexity index is 197. The molecule has 1 unspecified atom stereocenters. The van der Waals surface area contributed by atoms with Crippen molar-refractivity contribution in [2.45, 2.75) is 38.7 Å². The molecule has 60 valence electrons. The molecule has 0 heterocycles. The summed E-state index contributed by atoms with van der Waals surface area (Å²) in [6, 6.07) is 0. The van der Waals surface area contributed by atoms with Gasteiger partial charge in [0, 0.05) is 0 Å². The van der Waals surface area contributed by atoms with E-state index in [-0.39, 0.29) is 0 Å². The van der Waals surface area contributed by atoms with E-state index in [4.69, 9.17) is 6.42 Å². The fourth-order valence-electron chi connectivity index (χ4n) is 0.754. The fourth-order valence-corrected chi connectivity index (χ4v) is 0.754. The molecule has 0 rings (SSSR count). The second kappa shape index (κ2) is 4.83. The van der Waals surface area contributed by atoms with E-state index in [0.717, 1.165) is 12.8 Å². The Morgan fingerprint density at radius 3 is 2.64 bits per heavy atom. The quantitative estimate of drug-likeness (QED) is 0.605. The molecule has 0 amide bonds. The number of hydrogen-bond donors (Lipinski definition) is 1. The van der Waals surface area contributed by atoms with Crippen LogP contribution in [0.1, 0.15) is 33.1 Å². The van der Waals surface area contributed by atoms with Crippen LogP contribution < -0.4 is 0 Å². The smallest absolute Gasteiger partial charge is 0.123 e. The SMILES string of the molecule is C#CC#CC(C)(O)CCCC. The van der Waals surface area contributed by atoms with Crippen molar-refractivity contribution in [2.24, 2.45) is 0 Å². The van der Waals surface area contributed by atoms with Crippen LogP contribution in [0.3, 0.4) is 0 Å². The zero-order valence-electron chi connectivity index (χ0n) is 7.15. The predicted molar refractivity (Wildman–Crippen MR) is 46.8 cm³/mol.